The highest BCUT2D eigenvalue weighted by Crippen LogP contribution is 2.24. The third kappa shape index (κ3) is 5.53. The van der Waals surface area contributed by atoms with E-state index in [4.69, 9.17) is 5.73 Å². The van der Waals surface area contributed by atoms with Crippen LogP contribution in [-0.4, -0.2) is 31.1 Å². The Bertz CT molecular complexity index is 141. The van der Waals surface area contributed by atoms with Gasteiger partial charge in [0.25, 0.3) is 0 Å². The minimum absolute atomic E-state index is 0.838. The van der Waals surface area contributed by atoms with E-state index in [2.05, 4.69) is 11.8 Å². The van der Waals surface area contributed by atoms with Gasteiger partial charge < -0.3 is 10.6 Å². The SMILES string of the molecule is CCCN(CCCN)CC1CCCCC1. The molecule has 0 amide bonds. The first-order valence-corrected chi connectivity index (χ1v) is 6.79. The molecule has 0 spiro atoms. The van der Waals surface area contributed by atoms with Gasteiger partial charge in [0.1, 0.15) is 0 Å². The quantitative estimate of drug-likeness (QED) is 0.703. The molecule has 90 valence electrons. The van der Waals surface area contributed by atoms with Crippen LogP contribution in [0.15, 0.2) is 0 Å². The van der Waals surface area contributed by atoms with E-state index in [-0.39, 0.29) is 0 Å². The second-order valence-corrected chi connectivity index (χ2v) is 4.95. The molecule has 0 unspecified atom stereocenters. The fourth-order valence-electron chi connectivity index (χ4n) is 2.66. The van der Waals surface area contributed by atoms with Crippen LogP contribution >= 0.6 is 0 Å². The van der Waals surface area contributed by atoms with Crippen molar-refractivity contribution in [2.75, 3.05) is 26.2 Å². The third-order valence-electron chi connectivity index (χ3n) is 3.46. The minimum atomic E-state index is 0.838. The molecule has 0 aromatic rings. The Morgan fingerprint density at radius 1 is 1.13 bits per heavy atom. The Balaban J connectivity index is 2.21. The lowest BCUT2D eigenvalue weighted by molar-refractivity contribution is 0.200. The lowest BCUT2D eigenvalue weighted by Crippen LogP contribution is -2.33. The Morgan fingerprint density at radius 3 is 2.47 bits per heavy atom. The molecule has 0 radical (unpaired) electrons. The number of rotatable bonds is 7. The fraction of sp³-hybridized carbons (Fsp3) is 1.00. The van der Waals surface area contributed by atoms with E-state index >= 15 is 0 Å². The van der Waals surface area contributed by atoms with E-state index in [1.807, 2.05) is 0 Å². The summed E-state index contributed by atoms with van der Waals surface area (Å²) < 4.78 is 0. The second kappa shape index (κ2) is 8.12. The van der Waals surface area contributed by atoms with Crippen LogP contribution in [0.5, 0.6) is 0 Å². The predicted molar refractivity (Wildman–Crippen MR) is 67.0 cm³/mol. The maximum Gasteiger partial charge on any atom is 0.000966 e. The van der Waals surface area contributed by atoms with Gasteiger partial charge in [0.2, 0.25) is 0 Å². The van der Waals surface area contributed by atoms with Gasteiger partial charge in [-0.15, -0.1) is 0 Å². The van der Waals surface area contributed by atoms with Gasteiger partial charge in [0.05, 0.1) is 0 Å². The van der Waals surface area contributed by atoms with E-state index < -0.39 is 0 Å². The van der Waals surface area contributed by atoms with E-state index in [1.165, 1.54) is 58.2 Å². The topological polar surface area (TPSA) is 29.3 Å². The standard InChI is InChI=1S/C13H28N2/c1-2-10-15(11-6-9-14)12-13-7-4-3-5-8-13/h13H,2-12,14H2,1H3. The molecule has 2 nitrogen and oxygen atoms in total. The van der Waals surface area contributed by atoms with Crippen LogP contribution in [0, 0.1) is 5.92 Å². The summed E-state index contributed by atoms with van der Waals surface area (Å²) >= 11 is 0. The molecule has 1 saturated carbocycles. The van der Waals surface area contributed by atoms with Crippen molar-refractivity contribution in [3.8, 4) is 0 Å². The van der Waals surface area contributed by atoms with Crippen molar-refractivity contribution < 1.29 is 0 Å². The molecular weight excluding hydrogens is 184 g/mol. The summed E-state index contributed by atoms with van der Waals surface area (Å²) in [6.07, 6.45) is 9.74. The molecule has 1 aliphatic carbocycles. The Kier molecular flexibility index (Phi) is 7.03. The molecular formula is C13H28N2. The highest BCUT2D eigenvalue weighted by Gasteiger charge is 2.16. The molecule has 1 aliphatic rings. The van der Waals surface area contributed by atoms with Crippen molar-refractivity contribution in [2.24, 2.45) is 11.7 Å². The summed E-state index contributed by atoms with van der Waals surface area (Å²) in [5.74, 6) is 0.975. The summed E-state index contributed by atoms with van der Waals surface area (Å²) in [5.41, 5.74) is 5.58. The maximum atomic E-state index is 5.58. The van der Waals surface area contributed by atoms with Crippen molar-refractivity contribution in [1.29, 1.82) is 0 Å². The smallest absolute Gasteiger partial charge is 0.000966 e. The van der Waals surface area contributed by atoms with Gasteiger partial charge in [-0.25, -0.2) is 0 Å². The number of hydrogen-bond donors (Lipinski definition) is 1. The zero-order chi connectivity index (χ0) is 10.9. The van der Waals surface area contributed by atoms with Gasteiger partial charge in [0, 0.05) is 6.54 Å². The normalized spacial score (nSPS) is 18.6. The largest absolute Gasteiger partial charge is 0.330 e. The van der Waals surface area contributed by atoms with Gasteiger partial charge in [-0.2, -0.15) is 0 Å². The molecule has 2 N–H and O–H groups in total. The van der Waals surface area contributed by atoms with Crippen LogP contribution < -0.4 is 5.73 Å². The average molecular weight is 212 g/mol. The first kappa shape index (κ1) is 13.0. The first-order chi connectivity index (χ1) is 7.36. The van der Waals surface area contributed by atoms with Gasteiger partial charge >= 0.3 is 0 Å². The van der Waals surface area contributed by atoms with Gasteiger partial charge in [-0.1, -0.05) is 26.2 Å². The minimum Gasteiger partial charge on any atom is -0.330 e. The van der Waals surface area contributed by atoms with Crippen LogP contribution in [0.25, 0.3) is 0 Å². The molecule has 1 fully saturated rings. The summed E-state index contributed by atoms with van der Waals surface area (Å²) in [5, 5.41) is 0. The molecule has 0 heterocycles. The van der Waals surface area contributed by atoms with E-state index in [1.54, 1.807) is 0 Å². The first-order valence-electron chi connectivity index (χ1n) is 6.79. The van der Waals surface area contributed by atoms with E-state index in [9.17, 15) is 0 Å². The fourth-order valence-corrected chi connectivity index (χ4v) is 2.66. The van der Waals surface area contributed by atoms with Crippen molar-refractivity contribution in [1.82, 2.24) is 4.90 Å². The molecule has 2 heteroatoms. The molecule has 1 rings (SSSR count). The lowest BCUT2D eigenvalue weighted by atomic mass is 9.89. The van der Waals surface area contributed by atoms with Crippen LogP contribution in [0.3, 0.4) is 0 Å². The van der Waals surface area contributed by atoms with Crippen molar-refractivity contribution in [2.45, 2.75) is 51.9 Å². The number of hydrogen-bond acceptors (Lipinski definition) is 2. The highest BCUT2D eigenvalue weighted by molar-refractivity contribution is 4.70. The van der Waals surface area contributed by atoms with Gasteiger partial charge in [-0.3, -0.25) is 0 Å². The van der Waals surface area contributed by atoms with Crippen molar-refractivity contribution in [3.63, 3.8) is 0 Å². The van der Waals surface area contributed by atoms with Crippen LogP contribution in [-0.2, 0) is 0 Å². The van der Waals surface area contributed by atoms with Crippen LogP contribution in [0.1, 0.15) is 51.9 Å². The summed E-state index contributed by atoms with van der Waals surface area (Å²) in [6.45, 7) is 6.91. The van der Waals surface area contributed by atoms with Gasteiger partial charge in [-0.05, 0) is 51.2 Å². The number of nitrogens with zero attached hydrogens (tertiary/aromatic N) is 1. The predicted octanol–water partition coefficient (Wildman–Crippen LogP) is 2.63. The molecule has 15 heavy (non-hydrogen) atoms. The Labute approximate surface area is 95.2 Å². The zero-order valence-corrected chi connectivity index (χ0v) is 10.4. The third-order valence-corrected chi connectivity index (χ3v) is 3.46. The van der Waals surface area contributed by atoms with Crippen molar-refractivity contribution >= 4 is 0 Å². The molecule has 0 aliphatic heterocycles. The molecule has 0 saturated heterocycles. The van der Waals surface area contributed by atoms with E-state index in [0.29, 0.717) is 0 Å². The summed E-state index contributed by atoms with van der Waals surface area (Å²) in [6, 6.07) is 0. The molecule has 0 aromatic carbocycles. The van der Waals surface area contributed by atoms with E-state index in [0.717, 1.165) is 18.9 Å². The second-order valence-electron chi connectivity index (χ2n) is 4.95. The molecule has 0 atom stereocenters. The van der Waals surface area contributed by atoms with Crippen LogP contribution in [0.4, 0.5) is 0 Å². The Hall–Kier alpha value is -0.0800. The lowest BCUT2D eigenvalue weighted by Gasteiger charge is -2.29. The monoisotopic (exact) mass is 212 g/mol. The molecule has 0 bridgehead atoms. The number of nitrogens with two attached hydrogens (primary N) is 1. The van der Waals surface area contributed by atoms with Crippen molar-refractivity contribution in [3.05, 3.63) is 0 Å². The summed E-state index contributed by atoms with van der Waals surface area (Å²) in [7, 11) is 0. The zero-order valence-electron chi connectivity index (χ0n) is 10.4. The molecule has 0 aromatic heterocycles. The average Bonchev–Trinajstić information content (AvgIpc) is 2.28. The Morgan fingerprint density at radius 2 is 1.87 bits per heavy atom. The van der Waals surface area contributed by atoms with Crippen LogP contribution in [0.2, 0.25) is 0 Å². The van der Waals surface area contributed by atoms with Gasteiger partial charge in [0.15, 0.2) is 0 Å². The maximum absolute atomic E-state index is 5.58. The summed E-state index contributed by atoms with van der Waals surface area (Å²) in [4.78, 5) is 2.63. The highest BCUT2D eigenvalue weighted by atomic mass is 15.1.